The summed E-state index contributed by atoms with van der Waals surface area (Å²) in [5.41, 5.74) is 2.04. The van der Waals surface area contributed by atoms with Crippen LogP contribution in [0.5, 0.6) is 0 Å². The number of aryl methyl sites for hydroxylation is 1. The van der Waals surface area contributed by atoms with E-state index < -0.39 is 9.84 Å². The van der Waals surface area contributed by atoms with E-state index in [0.29, 0.717) is 11.4 Å². The van der Waals surface area contributed by atoms with Crippen LogP contribution in [0.15, 0.2) is 34.3 Å². The van der Waals surface area contributed by atoms with Crippen molar-refractivity contribution in [3.8, 4) is 0 Å². The number of nitrogens with zero attached hydrogens (tertiary/aromatic N) is 2. The summed E-state index contributed by atoms with van der Waals surface area (Å²) >= 11 is 0. The highest BCUT2D eigenvalue weighted by molar-refractivity contribution is 7.91. The van der Waals surface area contributed by atoms with Gasteiger partial charge in [-0.05, 0) is 18.6 Å². The minimum absolute atomic E-state index is 0.381. The van der Waals surface area contributed by atoms with E-state index in [4.69, 9.17) is 0 Å². The zero-order valence-electron chi connectivity index (χ0n) is 11.5. The fourth-order valence-corrected chi connectivity index (χ4v) is 3.40. The van der Waals surface area contributed by atoms with Crippen molar-refractivity contribution in [3.63, 3.8) is 0 Å². The van der Waals surface area contributed by atoms with Crippen LogP contribution in [0.1, 0.15) is 5.56 Å². The highest BCUT2D eigenvalue weighted by atomic mass is 32.2. The Bertz CT molecular complexity index is 803. The van der Waals surface area contributed by atoms with Gasteiger partial charge in [-0.15, -0.1) is 0 Å². The average Bonchev–Trinajstić information content (AvgIpc) is 2.97. The lowest BCUT2D eigenvalue weighted by Gasteiger charge is -2.06. The fraction of sp³-hybridized carbons (Fsp3) is 0.357. The molecule has 0 spiro atoms. The molecule has 106 valence electrons. The first-order valence-corrected chi connectivity index (χ1v) is 8.41. The molecule has 6 heteroatoms. The third kappa shape index (κ3) is 2.31. The van der Waals surface area contributed by atoms with Crippen LogP contribution in [-0.2, 0) is 16.4 Å². The molecule has 0 fully saturated rings. The maximum atomic E-state index is 11.9. The minimum atomic E-state index is -3.24. The molecule has 0 radical (unpaired) electrons. The molecule has 1 aromatic heterocycles. The second-order valence-electron chi connectivity index (χ2n) is 5.17. The zero-order chi connectivity index (χ0) is 14.3. The number of aromatic nitrogens is 1. The fourth-order valence-electron chi connectivity index (χ4n) is 2.51. The SMILES string of the molecule is Cc1ccc2c(S(C)(=O)=O)cn(CC3=NCCN3)c2c1. The Morgan fingerprint density at radius 1 is 1.40 bits per heavy atom. The normalized spacial score (nSPS) is 15.4. The molecular formula is C14H17N3O2S. The van der Waals surface area contributed by atoms with Gasteiger partial charge in [-0.3, -0.25) is 4.99 Å². The number of hydrogen-bond acceptors (Lipinski definition) is 4. The van der Waals surface area contributed by atoms with Crippen LogP contribution in [-0.4, -0.2) is 38.2 Å². The molecule has 1 aliphatic heterocycles. The predicted molar refractivity (Wildman–Crippen MR) is 80.1 cm³/mol. The Hall–Kier alpha value is -1.82. The molecule has 2 heterocycles. The number of hydrogen-bond donors (Lipinski definition) is 1. The summed E-state index contributed by atoms with van der Waals surface area (Å²) < 4.78 is 25.8. The molecule has 0 amide bonds. The molecular weight excluding hydrogens is 274 g/mol. The van der Waals surface area contributed by atoms with E-state index in [0.717, 1.165) is 35.4 Å². The van der Waals surface area contributed by atoms with Gasteiger partial charge in [0, 0.05) is 24.4 Å². The zero-order valence-corrected chi connectivity index (χ0v) is 12.4. The maximum absolute atomic E-state index is 11.9. The van der Waals surface area contributed by atoms with Gasteiger partial charge >= 0.3 is 0 Å². The first kappa shape index (κ1) is 13.2. The number of fused-ring (bicyclic) bond motifs is 1. The van der Waals surface area contributed by atoms with Crippen molar-refractivity contribution in [2.75, 3.05) is 19.3 Å². The quantitative estimate of drug-likeness (QED) is 0.928. The third-order valence-electron chi connectivity index (χ3n) is 3.46. The summed E-state index contributed by atoms with van der Waals surface area (Å²) in [6, 6.07) is 5.83. The highest BCUT2D eigenvalue weighted by Gasteiger charge is 2.18. The number of rotatable bonds is 3. The molecule has 3 rings (SSSR count). The molecule has 0 unspecified atom stereocenters. The number of aliphatic imine (C=N–C) groups is 1. The Balaban J connectivity index is 2.18. The monoisotopic (exact) mass is 291 g/mol. The summed E-state index contributed by atoms with van der Waals surface area (Å²) in [6.45, 7) is 4.22. The molecule has 1 N–H and O–H groups in total. The first-order valence-electron chi connectivity index (χ1n) is 6.52. The third-order valence-corrected chi connectivity index (χ3v) is 4.59. The van der Waals surface area contributed by atoms with Crippen molar-refractivity contribution < 1.29 is 8.42 Å². The molecule has 20 heavy (non-hydrogen) atoms. The van der Waals surface area contributed by atoms with Crippen LogP contribution in [0.25, 0.3) is 10.9 Å². The van der Waals surface area contributed by atoms with Crippen LogP contribution in [0.3, 0.4) is 0 Å². The highest BCUT2D eigenvalue weighted by Crippen LogP contribution is 2.26. The lowest BCUT2D eigenvalue weighted by atomic mass is 10.2. The van der Waals surface area contributed by atoms with Gasteiger partial charge < -0.3 is 9.88 Å². The van der Waals surface area contributed by atoms with Gasteiger partial charge in [0.05, 0.1) is 23.5 Å². The Morgan fingerprint density at radius 3 is 2.85 bits per heavy atom. The number of sulfone groups is 1. The van der Waals surface area contributed by atoms with Crippen LogP contribution < -0.4 is 5.32 Å². The minimum Gasteiger partial charge on any atom is -0.370 e. The van der Waals surface area contributed by atoms with Gasteiger partial charge in [0.1, 0.15) is 5.84 Å². The van der Waals surface area contributed by atoms with Crippen LogP contribution in [0.2, 0.25) is 0 Å². The molecule has 0 aliphatic carbocycles. The van der Waals surface area contributed by atoms with Crippen molar-refractivity contribution in [2.45, 2.75) is 18.4 Å². The summed E-state index contributed by atoms with van der Waals surface area (Å²) in [5.74, 6) is 0.906. The van der Waals surface area contributed by atoms with E-state index in [9.17, 15) is 8.42 Å². The standard InChI is InChI=1S/C14H17N3O2S/c1-10-3-4-11-12(7-10)17(8-13(11)20(2,18)19)9-14-15-5-6-16-14/h3-4,7-8H,5-6,9H2,1-2H3,(H,15,16). The molecule has 1 aromatic carbocycles. The van der Waals surface area contributed by atoms with Gasteiger partial charge in [0.25, 0.3) is 0 Å². The van der Waals surface area contributed by atoms with Crippen LogP contribution in [0, 0.1) is 6.92 Å². The first-order chi connectivity index (χ1) is 9.45. The second kappa shape index (κ2) is 4.63. The molecule has 0 saturated carbocycles. The number of benzene rings is 1. The van der Waals surface area contributed by atoms with Gasteiger partial charge in [0.2, 0.25) is 0 Å². The van der Waals surface area contributed by atoms with E-state index in [1.807, 2.05) is 29.7 Å². The Kier molecular flexibility index (Phi) is 3.05. The van der Waals surface area contributed by atoms with E-state index in [-0.39, 0.29) is 0 Å². The van der Waals surface area contributed by atoms with Crippen molar-refractivity contribution in [1.29, 1.82) is 0 Å². The Morgan fingerprint density at radius 2 is 2.20 bits per heavy atom. The summed E-state index contributed by atoms with van der Waals surface area (Å²) in [6.07, 6.45) is 2.96. The molecule has 2 aromatic rings. The van der Waals surface area contributed by atoms with Gasteiger partial charge in [-0.1, -0.05) is 12.1 Å². The lowest BCUT2D eigenvalue weighted by molar-refractivity contribution is 0.602. The number of nitrogens with one attached hydrogen (secondary N) is 1. The average molecular weight is 291 g/mol. The molecule has 0 atom stereocenters. The van der Waals surface area contributed by atoms with E-state index >= 15 is 0 Å². The van der Waals surface area contributed by atoms with Gasteiger partial charge in [0.15, 0.2) is 9.84 Å². The molecule has 0 bridgehead atoms. The summed E-state index contributed by atoms with van der Waals surface area (Å²) in [4.78, 5) is 4.75. The number of amidine groups is 1. The predicted octanol–water partition coefficient (Wildman–Crippen LogP) is 1.35. The van der Waals surface area contributed by atoms with Crippen LogP contribution >= 0.6 is 0 Å². The summed E-state index contributed by atoms with van der Waals surface area (Å²) in [7, 11) is -3.24. The molecule has 0 saturated heterocycles. The van der Waals surface area contributed by atoms with E-state index in [1.54, 1.807) is 6.20 Å². The maximum Gasteiger partial charge on any atom is 0.177 e. The lowest BCUT2D eigenvalue weighted by Crippen LogP contribution is -2.23. The second-order valence-corrected chi connectivity index (χ2v) is 7.15. The van der Waals surface area contributed by atoms with E-state index in [1.165, 1.54) is 6.26 Å². The smallest absolute Gasteiger partial charge is 0.177 e. The largest absolute Gasteiger partial charge is 0.370 e. The van der Waals surface area contributed by atoms with Gasteiger partial charge in [-0.25, -0.2) is 8.42 Å². The van der Waals surface area contributed by atoms with Crippen molar-refractivity contribution in [1.82, 2.24) is 9.88 Å². The van der Waals surface area contributed by atoms with Crippen molar-refractivity contribution in [3.05, 3.63) is 30.0 Å². The van der Waals surface area contributed by atoms with Crippen molar-refractivity contribution in [2.24, 2.45) is 4.99 Å². The van der Waals surface area contributed by atoms with Crippen LogP contribution in [0.4, 0.5) is 0 Å². The van der Waals surface area contributed by atoms with Gasteiger partial charge in [-0.2, -0.15) is 0 Å². The topological polar surface area (TPSA) is 63.5 Å². The van der Waals surface area contributed by atoms with Crippen molar-refractivity contribution >= 4 is 26.6 Å². The Labute approximate surface area is 118 Å². The molecule has 5 nitrogen and oxygen atoms in total. The van der Waals surface area contributed by atoms with E-state index in [2.05, 4.69) is 10.3 Å². The molecule has 1 aliphatic rings. The summed E-state index contributed by atoms with van der Waals surface area (Å²) in [5, 5.41) is 3.99.